The molecule has 0 amide bonds. The van der Waals surface area contributed by atoms with Crippen molar-refractivity contribution in [3.05, 3.63) is 71.5 Å². The average molecular weight is 287 g/mol. The largest absolute Gasteiger partial charge is 0.299 e. The van der Waals surface area contributed by atoms with Gasteiger partial charge in [-0.05, 0) is 17.7 Å². The van der Waals surface area contributed by atoms with Gasteiger partial charge in [0.2, 0.25) is 0 Å². The zero-order chi connectivity index (χ0) is 15.4. The average Bonchev–Trinajstić information content (AvgIpc) is 2.55. The lowest BCUT2D eigenvalue weighted by Gasteiger charge is -2.04. The smallest absolute Gasteiger partial charge is 0.143 e. The van der Waals surface area contributed by atoms with E-state index in [1.54, 1.807) is 24.4 Å². The van der Waals surface area contributed by atoms with Crippen molar-refractivity contribution in [2.75, 3.05) is 0 Å². The van der Waals surface area contributed by atoms with Crippen molar-refractivity contribution in [3.8, 4) is 6.07 Å². The molecule has 0 aliphatic heterocycles. The van der Waals surface area contributed by atoms with Gasteiger partial charge in [-0.3, -0.25) is 4.79 Å². The number of nitriles is 1. The Morgan fingerprint density at radius 2 is 1.95 bits per heavy atom. The molecule has 3 rings (SSSR count). The quantitative estimate of drug-likeness (QED) is 0.740. The minimum absolute atomic E-state index is 0.0562. The minimum Gasteiger partial charge on any atom is -0.299 e. The fourth-order valence-electron chi connectivity index (χ4n) is 2.45. The van der Waals surface area contributed by atoms with E-state index in [0.29, 0.717) is 17.7 Å². The molecule has 0 fully saturated rings. The number of aromatic nitrogens is 2. The van der Waals surface area contributed by atoms with Crippen LogP contribution in [0.25, 0.3) is 10.8 Å². The Balaban J connectivity index is 1.80. The standard InChI is InChI=1S/C18H13N3O/c19-11-14-5-3-4-13(8-14)9-16(22)10-18-17-7-2-1-6-15(17)12-20-21-18/h1-8,12H,9-10H2. The fraction of sp³-hybridized carbons (Fsp3) is 0.111. The number of hydrogen-bond donors (Lipinski definition) is 0. The lowest BCUT2D eigenvalue weighted by atomic mass is 10.0. The van der Waals surface area contributed by atoms with E-state index in [2.05, 4.69) is 16.3 Å². The molecule has 0 radical (unpaired) electrons. The number of ketones is 1. The maximum atomic E-state index is 12.3. The Morgan fingerprint density at radius 3 is 2.82 bits per heavy atom. The van der Waals surface area contributed by atoms with Crippen LogP contribution in [0.15, 0.2) is 54.7 Å². The van der Waals surface area contributed by atoms with Gasteiger partial charge in [-0.1, -0.05) is 36.4 Å². The summed E-state index contributed by atoms with van der Waals surface area (Å²) in [5.74, 6) is 0.0562. The Hall–Kier alpha value is -3.06. The number of rotatable bonds is 4. The van der Waals surface area contributed by atoms with Crippen molar-refractivity contribution in [2.24, 2.45) is 0 Å². The monoisotopic (exact) mass is 287 g/mol. The van der Waals surface area contributed by atoms with Crippen molar-refractivity contribution >= 4 is 16.6 Å². The molecule has 1 aromatic heterocycles. The third-order valence-electron chi connectivity index (χ3n) is 3.47. The second-order valence-electron chi connectivity index (χ2n) is 5.08. The Labute approximate surface area is 128 Å². The minimum atomic E-state index is 0.0562. The summed E-state index contributed by atoms with van der Waals surface area (Å²) >= 11 is 0. The molecule has 0 atom stereocenters. The summed E-state index contributed by atoms with van der Waals surface area (Å²) in [6, 6.07) is 17.0. The first-order valence-corrected chi connectivity index (χ1v) is 6.96. The van der Waals surface area contributed by atoms with Gasteiger partial charge >= 0.3 is 0 Å². The lowest BCUT2D eigenvalue weighted by Crippen LogP contribution is -2.09. The van der Waals surface area contributed by atoms with Crippen LogP contribution in [0.5, 0.6) is 0 Å². The van der Waals surface area contributed by atoms with Gasteiger partial charge in [0.25, 0.3) is 0 Å². The molecular weight excluding hydrogens is 274 g/mol. The van der Waals surface area contributed by atoms with Crippen LogP contribution in [0.3, 0.4) is 0 Å². The maximum absolute atomic E-state index is 12.3. The first kappa shape index (κ1) is 13.9. The third kappa shape index (κ3) is 2.99. The molecule has 4 nitrogen and oxygen atoms in total. The van der Waals surface area contributed by atoms with Gasteiger partial charge in [-0.15, -0.1) is 0 Å². The van der Waals surface area contributed by atoms with E-state index >= 15 is 0 Å². The molecule has 4 heteroatoms. The first-order valence-electron chi connectivity index (χ1n) is 6.96. The van der Waals surface area contributed by atoms with Crippen LogP contribution < -0.4 is 0 Å². The molecule has 0 saturated heterocycles. The number of nitrogens with zero attached hydrogens (tertiary/aromatic N) is 3. The van der Waals surface area contributed by atoms with Gasteiger partial charge in [0.05, 0.1) is 29.9 Å². The molecular formula is C18H13N3O. The van der Waals surface area contributed by atoms with E-state index in [1.165, 1.54) is 0 Å². The van der Waals surface area contributed by atoms with Crippen LogP contribution in [0, 0.1) is 11.3 Å². The van der Waals surface area contributed by atoms with E-state index in [1.807, 2.05) is 30.3 Å². The summed E-state index contributed by atoms with van der Waals surface area (Å²) in [4.78, 5) is 12.3. The number of benzene rings is 2. The first-order chi connectivity index (χ1) is 10.8. The highest BCUT2D eigenvalue weighted by atomic mass is 16.1. The lowest BCUT2D eigenvalue weighted by molar-refractivity contribution is -0.117. The number of Topliss-reactive ketones (excluding diaryl/α,β-unsaturated/α-hetero) is 1. The van der Waals surface area contributed by atoms with Crippen molar-refractivity contribution < 1.29 is 4.79 Å². The molecule has 106 valence electrons. The molecule has 0 N–H and O–H groups in total. The van der Waals surface area contributed by atoms with Crippen LogP contribution in [0.4, 0.5) is 0 Å². The van der Waals surface area contributed by atoms with Crippen LogP contribution in [0.1, 0.15) is 16.8 Å². The van der Waals surface area contributed by atoms with Crippen molar-refractivity contribution in [1.82, 2.24) is 10.2 Å². The highest BCUT2D eigenvalue weighted by Crippen LogP contribution is 2.16. The highest BCUT2D eigenvalue weighted by Gasteiger charge is 2.10. The molecule has 0 spiro atoms. The highest BCUT2D eigenvalue weighted by molar-refractivity contribution is 5.89. The van der Waals surface area contributed by atoms with Gasteiger partial charge < -0.3 is 0 Å². The predicted octanol–water partition coefficient (Wildman–Crippen LogP) is 2.86. The van der Waals surface area contributed by atoms with Gasteiger partial charge in [0, 0.05) is 17.2 Å². The predicted molar refractivity (Wildman–Crippen MR) is 83.1 cm³/mol. The summed E-state index contributed by atoms with van der Waals surface area (Å²) < 4.78 is 0. The fourth-order valence-corrected chi connectivity index (χ4v) is 2.45. The Morgan fingerprint density at radius 1 is 1.09 bits per heavy atom. The number of carbonyl (C=O) groups excluding carboxylic acids is 1. The second-order valence-corrected chi connectivity index (χ2v) is 5.08. The van der Waals surface area contributed by atoms with E-state index < -0.39 is 0 Å². The van der Waals surface area contributed by atoms with Crippen LogP contribution in [0.2, 0.25) is 0 Å². The summed E-state index contributed by atoms with van der Waals surface area (Å²) in [6.45, 7) is 0. The van der Waals surface area contributed by atoms with Crippen molar-refractivity contribution in [2.45, 2.75) is 12.8 Å². The molecule has 0 saturated carbocycles. The van der Waals surface area contributed by atoms with Gasteiger partial charge in [-0.25, -0.2) is 0 Å². The zero-order valence-electron chi connectivity index (χ0n) is 11.9. The topological polar surface area (TPSA) is 66.6 Å². The van der Waals surface area contributed by atoms with Crippen molar-refractivity contribution in [3.63, 3.8) is 0 Å². The molecule has 22 heavy (non-hydrogen) atoms. The summed E-state index contributed by atoms with van der Waals surface area (Å²) in [5.41, 5.74) is 2.10. The van der Waals surface area contributed by atoms with E-state index in [-0.39, 0.29) is 12.2 Å². The number of carbonyl (C=O) groups is 1. The molecule has 2 aromatic carbocycles. The number of fused-ring (bicyclic) bond motifs is 1. The molecule has 1 heterocycles. The Kier molecular flexibility index (Phi) is 3.88. The number of hydrogen-bond acceptors (Lipinski definition) is 4. The molecule has 0 unspecified atom stereocenters. The summed E-state index contributed by atoms with van der Waals surface area (Å²) in [7, 11) is 0. The van der Waals surface area contributed by atoms with Gasteiger partial charge in [0.1, 0.15) is 5.78 Å². The second kappa shape index (κ2) is 6.15. The van der Waals surface area contributed by atoms with E-state index in [9.17, 15) is 4.79 Å². The van der Waals surface area contributed by atoms with Crippen LogP contribution in [-0.4, -0.2) is 16.0 Å². The summed E-state index contributed by atoms with van der Waals surface area (Å²) in [6.07, 6.45) is 2.23. The van der Waals surface area contributed by atoms with Crippen molar-refractivity contribution in [1.29, 1.82) is 5.26 Å². The normalized spacial score (nSPS) is 10.3. The van der Waals surface area contributed by atoms with Crippen LogP contribution >= 0.6 is 0 Å². The van der Waals surface area contributed by atoms with E-state index in [0.717, 1.165) is 16.3 Å². The summed E-state index contributed by atoms with van der Waals surface area (Å²) in [5, 5.41) is 18.9. The van der Waals surface area contributed by atoms with Crippen LogP contribution in [-0.2, 0) is 17.6 Å². The molecule has 0 aliphatic rings. The molecule has 3 aromatic rings. The molecule has 0 bridgehead atoms. The molecule has 0 aliphatic carbocycles. The maximum Gasteiger partial charge on any atom is 0.143 e. The SMILES string of the molecule is N#Cc1cccc(CC(=O)Cc2nncc3ccccc23)c1. The van der Waals surface area contributed by atoms with E-state index in [4.69, 9.17) is 5.26 Å². The third-order valence-corrected chi connectivity index (χ3v) is 3.47. The Bertz CT molecular complexity index is 875. The zero-order valence-corrected chi connectivity index (χ0v) is 11.9. The van der Waals surface area contributed by atoms with Gasteiger partial charge in [0.15, 0.2) is 0 Å². The van der Waals surface area contributed by atoms with Gasteiger partial charge in [-0.2, -0.15) is 15.5 Å².